The van der Waals surface area contributed by atoms with Crippen molar-refractivity contribution in [2.45, 2.75) is 3.67 Å². The number of rotatable bonds is 2. The van der Waals surface area contributed by atoms with Crippen LogP contribution in [-0.2, 0) is 9.59 Å². The Bertz CT molecular complexity index is 98.4. The van der Waals surface area contributed by atoms with Crippen LogP contribution in [-0.4, -0.2) is 44.8 Å². The number of carbonyl (C=O) groups is 2. The first-order valence-electron chi connectivity index (χ1n) is 1.94. The van der Waals surface area contributed by atoms with Gasteiger partial charge in [-0.3, -0.25) is 0 Å². The van der Waals surface area contributed by atoms with Crippen LogP contribution < -0.4 is 0 Å². The summed E-state index contributed by atoms with van der Waals surface area (Å²) in [6.07, 6.45) is 0. The molecular formula is C3H3NaO3. The van der Waals surface area contributed by atoms with Crippen LogP contribution in [0.2, 0.25) is 3.67 Å². The second kappa shape index (κ2) is 3.18. The number of carboxylic acid groups (broad SMARTS) is 1. The molecule has 0 rings (SSSR count). The third-order valence-corrected chi connectivity index (χ3v) is 1.20. The van der Waals surface area contributed by atoms with Crippen molar-refractivity contribution < 1.29 is 14.7 Å². The van der Waals surface area contributed by atoms with Gasteiger partial charge in [-0.15, -0.1) is 0 Å². The van der Waals surface area contributed by atoms with Gasteiger partial charge in [0.1, 0.15) is 0 Å². The van der Waals surface area contributed by atoms with E-state index in [1.165, 1.54) is 0 Å². The summed E-state index contributed by atoms with van der Waals surface area (Å²) in [5.41, 5.74) is 0. The van der Waals surface area contributed by atoms with Crippen molar-refractivity contribution in [3.05, 3.63) is 0 Å². The molecular weight excluding hydrogens is 107 g/mol. The maximum absolute atomic E-state index is 9.95. The third kappa shape index (κ3) is 2.79. The molecule has 3 nitrogen and oxygen atoms in total. The first-order chi connectivity index (χ1) is 3.18. The normalized spacial score (nSPS) is 8.29. The van der Waals surface area contributed by atoms with Gasteiger partial charge in [-0.25, -0.2) is 0 Å². The predicted octanol–water partition coefficient (Wildman–Crippen LogP) is -0.773. The van der Waals surface area contributed by atoms with Crippen LogP contribution in [0.15, 0.2) is 0 Å². The molecule has 0 aliphatic carbocycles. The van der Waals surface area contributed by atoms with Gasteiger partial charge >= 0.3 is 58.0 Å². The SMILES string of the molecule is O=C(O)C(=O)[CH2][Na]. The van der Waals surface area contributed by atoms with Crippen molar-refractivity contribution in [3.63, 3.8) is 0 Å². The fraction of sp³-hybridized carbons (Fsp3) is 0.333. The molecule has 0 saturated heterocycles. The van der Waals surface area contributed by atoms with Crippen molar-refractivity contribution in [1.82, 2.24) is 0 Å². The minimum absolute atomic E-state index is 0.218. The summed E-state index contributed by atoms with van der Waals surface area (Å²) < 4.78 is 0.218. The molecule has 0 bridgehead atoms. The Labute approximate surface area is 58.1 Å². The summed E-state index contributed by atoms with van der Waals surface area (Å²) in [5, 5.41) is 7.85. The number of carboxylic acids is 1. The third-order valence-electron chi connectivity index (χ3n) is 0.560. The van der Waals surface area contributed by atoms with E-state index < -0.39 is 11.8 Å². The summed E-state index contributed by atoms with van der Waals surface area (Å²) in [6, 6.07) is 0. The van der Waals surface area contributed by atoms with Crippen molar-refractivity contribution >= 4 is 39.7 Å². The van der Waals surface area contributed by atoms with Crippen LogP contribution in [0.3, 0.4) is 0 Å². The van der Waals surface area contributed by atoms with Crippen LogP contribution in [0.25, 0.3) is 0 Å². The molecule has 0 aliphatic heterocycles. The number of aliphatic carboxylic acids is 1. The summed E-state index contributed by atoms with van der Waals surface area (Å²) in [4.78, 5) is 19.5. The molecule has 0 aromatic heterocycles. The molecule has 0 unspecified atom stereocenters. The average Bonchev–Trinajstić information content (AvgIpc) is 1.65. The molecule has 0 spiro atoms. The zero-order chi connectivity index (χ0) is 5.86. The second-order valence-corrected chi connectivity index (χ2v) is 1.79. The molecule has 0 heterocycles. The maximum atomic E-state index is 9.95. The zero-order valence-corrected chi connectivity index (χ0v) is 5.97. The number of carbonyl (C=O) groups excluding carboxylic acids is 1. The van der Waals surface area contributed by atoms with Crippen LogP contribution >= 0.6 is 0 Å². The fourth-order valence-corrected chi connectivity index (χ4v) is 0.454. The van der Waals surface area contributed by atoms with E-state index in [1.54, 1.807) is 0 Å². The van der Waals surface area contributed by atoms with Crippen LogP contribution in [0.5, 0.6) is 0 Å². The summed E-state index contributed by atoms with van der Waals surface area (Å²) >= 11 is 0.640. The Morgan fingerprint density at radius 1 is 1.57 bits per heavy atom. The van der Waals surface area contributed by atoms with Crippen LogP contribution in [0, 0.1) is 0 Å². The number of hydrogen-bond acceptors (Lipinski definition) is 2. The number of hydrogen-bond donors (Lipinski definition) is 1. The Morgan fingerprint density at radius 2 is 2.00 bits per heavy atom. The van der Waals surface area contributed by atoms with Gasteiger partial charge in [0.2, 0.25) is 0 Å². The van der Waals surface area contributed by atoms with E-state index >= 15 is 0 Å². The molecule has 1 N–H and O–H groups in total. The molecule has 0 aliphatic rings. The molecule has 0 fully saturated rings. The fourth-order valence-electron chi connectivity index (χ4n) is 0.151. The Morgan fingerprint density at radius 3 is 2.00 bits per heavy atom. The Balaban J connectivity index is 3.58. The average molecular weight is 110 g/mol. The van der Waals surface area contributed by atoms with E-state index in [4.69, 9.17) is 5.11 Å². The van der Waals surface area contributed by atoms with Crippen molar-refractivity contribution in [2.75, 3.05) is 0 Å². The number of Topliss-reactive ketones (excluding diaryl/α,β-unsaturated/α-hetero) is 1. The van der Waals surface area contributed by atoms with E-state index in [0.29, 0.717) is 27.9 Å². The van der Waals surface area contributed by atoms with Crippen molar-refractivity contribution in [3.8, 4) is 0 Å². The number of ketones is 1. The molecule has 0 aromatic carbocycles. The standard InChI is InChI=1S/C3H3O3.Na/c1-2(4)3(5)6;/h1H2,(H,5,6);. The van der Waals surface area contributed by atoms with E-state index in [-0.39, 0.29) is 3.67 Å². The predicted molar refractivity (Wildman–Crippen MR) is 23.2 cm³/mol. The van der Waals surface area contributed by atoms with Gasteiger partial charge in [0.15, 0.2) is 0 Å². The summed E-state index contributed by atoms with van der Waals surface area (Å²) in [5.74, 6) is -1.98. The summed E-state index contributed by atoms with van der Waals surface area (Å²) in [7, 11) is 0. The Hall–Kier alpha value is 0.140. The molecule has 0 aromatic rings. The summed E-state index contributed by atoms with van der Waals surface area (Å²) in [6.45, 7) is 0. The van der Waals surface area contributed by atoms with Gasteiger partial charge in [-0.2, -0.15) is 0 Å². The van der Waals surface area contributed by atoms with Crippen LogP contribution in [0.1, 0.15) is 0 Å². The van der Waals surface area contributed by atoms with E-state index in [9.17, 15) is 9.59 Å². The molecule has 7 heavy (non-hydrogen) atoms. The minimum atomic E-state index is -1.31. The van der Waals surface area contributed by atoms with Gasteiger partial charge in [0.25, 0.3) is 0 Å². The van der Waals surface area contributed by atoms with E-state index in [2.05, 4.69) is 0 Å². The van der Waals surface area contributed by atoms with Crippen molar-refractivity contribution in [1.29, 1.82) is 0 Å². The van der Waals surface area contributed by atoms with Gasteiger partial charge < -0.3 is 0 Å². The van der Waals surface area contributed by atoms with Crippen LogP contribution in [0.4, 0.5) is 0 Å². The molecule has 0 atom stereocenters. The Kier molecular flexibility index (Phi) is 3.25. The van der Waals surface area contributed by atoms with Gasteiger partial charge in [-0.1, -0.05) is 0 Å². The monoisotopic (exact) mass is 110 g/mol. The van der Waals surface area contributed by atoms with Gasteiger partial charge in [0.05, 0.1) is 0 Å². The first-order valence-corrected chi connectivity index (χ1v) is 3.36. The molecule has 0 amide bonds. The molecule has 4 heteroatoms. The van der Waals surface area contributed by atoms with E-state index in [0.717, 1.165) is 0 Å². The quantitative estimate of drug-likeness (QED) is 0.375. The molecule has 0 saturated carbocycles. The zero-order valence-electron chi connectivity index (χ0n) is 3.97. The van der Waals surface area contributed by atoms with Crippen molar-refractivity contribution in [2.24, 2.45) is 0 Å². The van der Waals surface area contributed by atoms with E-state index in [1.807, 2.05) is 0 Å². The van der Waals surface area contributed by atoms with Gasteiger partial charge in [-0.05, 0) is 0 Å². The first kappa shape index (κ1) is 7.14. The topological polar surface area (TPSA) is 54.4 Å². The van der Waals surface area contributed by atoms with Gasteiger partial charge in [0, 0.05) is 0 Å². The second-order valence-electron chi connectivity index (χ2n) is 1.08. The molecule has 34 valence electrons. The molecule has 0 radical (unpaired) electrons.